The Labute approximate surface area is 131 Å². The summed E-state index contributed by atoms with van der Waals surface area (Å²) in [5.74, 6) is -0.391. The molecule has 2 aromatic carbocycles. The Balaban J connectivity index is 1.81. The molecule has 0 bridgehead atoms. The van der Waals surface area contributed by atoms with Gasteiger partial charge in [0.05, 0.1) is 0 Å². The van der Waals surface area contributed by atoms with Crippen LogP contribution in [0.1, 0.15) is 21.5 Å². The third-order valence-electron chi connectivity index (χ3n) is 3.48. The molecular weight excluding hydrogens is 304 g/mol. The Bertz CT molecular complexity index is 851. The Kier molecular flexibility index (Phi) is 3.77. The number of hydrogen-bond acceptors (Lipinski definition) is 3. The minimum atomic E-state index is -1.01. The van der Waals surface area contributed by atoms with Crippen LogP contribution in [-0.2, 0) is 6.61 Å². The summed E-state index contributed by atoms with van der Waals surface area (Å²) in [7, 11) is 0. The molecule has 0 fully saturated rings. The number of carbonyl (C=O) groups is 1. The van der Waals surface area contributed by atoms with Crippen LogP contribution >= 0.6 is 11.6 Å². The van der Waals surface area contributed by atoms with Gasteiger partial charge in [0, 0.05) is 16.5 Å². The zero-order valence-corrected chi connectivity index (χ0v) is 12.6. The number of rotatable bonds is 4. The van der Waals surface area contributed by atoms with Gasteiger partial charge in [-0.05, 0) is 42.3 Å². The van der Waals surface area contributed by atoms with E-state index in [0.29, 0.717) is 28.3 Å². The molecule has 5 heteroatoms. The van der Waals surface area contributed by atoms with E-state index in [1.54, 1.807) is 18.2 Å². The van der Waals surface area contributed by atoms with Crippen LogP contribution in [-0.4, -0.2) is 11.1 Å². The highest BCUT2D eigenvalue weighted by molar-refractivity contribution is 6.30. The Morgan fingerprint density at radius 3 is 2.82 bits per heavy atom. The van der Waals surface area contributed by atoms with Crippen molar-refractivity contribution in [2.24, 2.45) is 0 Å². The average molecular weight is 317 g/mol. The zero-order chi connectivity index (χ0) is 15.7. The van der Waals surface area contributed by atoms with Crippen LogP contribution in [0.3, 0.4) is 0 Å². The van der Waals surface area contributed by atoms with E-state index in [1.807, 2.05) is 25.1 Å². The molecule has 1 aromatic heterocycles. The summed E-state index contributed by atoms with van der Waals surface area (Å²) >= 11 is 5.93. The Morgan fingerprint density at radius 2 is 2.09 bits per heavy atom. The normalized spacial score (nSPS) is 10.8. The van der Waals surface area contributed by atoms with E-state index < -0.39 is 5.97 Å². The van der Waals surface area contributed by atoms with Crippen molar-refractivity contribution in [3.63, 3.8) is 0 Å². The van der Waals surface area contributed by atoms with E-state index in [-0.39, 0.29) is 5.56 Å². The number of furan rings is 1. The lowest BCUT2D eigenvalue weighted by Crippen LogP contribution is -1.98. The maximum atomic E-state index is 11.0. The SMILES string of the molecule is Cc1cc(Cl)ccc1COc1ccc2c(C(=O)O)coc2c1. The molecule has 22 heavy (non-hydrogen) atoms. The van der Waals surface area contributed by atoms with Crippen molar-refractivity contribution in [2.75, 3.05) is 0 Å². The van der Waals surface area contributed by atoms with E-state index in [0.717, 1.165) is 11.1 Å². The van der Waals surface area contributed by atoms with Gasteiger partial charge in [0.15, 0.2) is 0 Å². The maximum Gasteiger partial charge on any atom is 0.339 e. The fourth-order valence-corrected chi connectivity index (χ4v) is 2.47. The van der Waals surface area contributed by atoms with Crippen molar-refractivity contribution in [1.29, 1.82) is 0 Å². The predicted molar refractivity (Wildman–Crippen MR) is 83.7 cm³/mol. The molecule has 4 nitrogen and oxygen atoms in total. The molecule has 1 heterocycles. The quantitative estimate of drug-likeness (QED) is 0.759. The number of carboxylic acid groups (broad SMARTS) is 1. The highest BCUT2D eigenvalue weighted by Gasteiger charge is 2.13. The molecule has 0 aliphatic rings. The molecule has 0 amide bonds. The van der Waals surface area contributed by atoms with Gasteiger partial charge in [0.1, 0.15) is 29.8 Å². The summed E-state index contributed by atoms with van der Waals surface area (Å²) in [6.45, 7) is 2.38. The van der Waals surface area contributed by atoms with Crippen LogP contribution in [0.5, 0.6) is 5.75 Å². The number of ether oxygens (including phenoxy) is 1. The van der Waals surface area contributed by atoms with Crippen molar-refractivity contribution < 1.29 is 19.1 Å². The largest absolute Gasteiger partial charge is 0.489 e. The van der Waals surface area contributed by atoms with E-state index >= 15 is 0 Å². The smallest absolute Gasteiger partial charge is 0.339 e. The standard InChI is InChI=1S/C17H13ClO4/c1-10-6-12(18)3-2-11(10)8-21-13-4-5-14-15(17(19)20)9-22-16(14)7-13/h2-7,9H,8H2,1H3,(H,19,20). The molecule has 0 saturated carbocycles. The molecule has 1 N–H and O–H groups in total. The van der Waals surface area contributed by atoms with Crippen LogP contribution in [0.4, 0.5) is 0 Å². The van der Waals surface area contributed by atoms with E-state index in [9.17, 15) is 4.79 Å². The zero-order valence-electron chi connectivity index (χ0n) is 11.8. The number of halogens is 1. The number of fused-ring (bicyclic) bond motifs is 1. The Morgan fingerprint density at radius 1 is 1.27 bits per heavy atom. The molecular formula is C17H13ClO4. The van der Waals surface area contributed by atoms with Crippen LogP contribution in [0, 0.1) is 6.92 Å². The minimum absolute atomic E-state index is 0.148. The van der Waals surface area contributed by atoms with Crippen molar-refractivity contribution in [3.8, 4) is 5.75 Å². The molecule has 0 saturated heterocycles. The van der Waals surface area contributed by atoms with Crippen molar-refractivity contribution in [3.05, 3.63) is 64.4 Å². The number of benzene rings is 2. The number of carboxylic acids is 1. The summed E-state index contributed by atoms with van der Waals surface area (Å²) in [6, 6.07) is 10.7. The summed E-state index contributed by atoms with van der Waals surface area (Å²) in [6.07, 6.45) is 1.24. The van der Waals surface area contributed by atoms with Crippen molar-refractivity contribution in [1.82, 2.24) is 0 Å². The van der Waals surface area contributed by atoms with Gasteiger partial charge in [-0.2, -0.15) is 0 Å². The van der Waals surface area contributed by atoms with Crippen LogP contribution in [0.25, 0.3) is 11.0 Å². The first kappa shape index (κ1) is 14.5. The summed E-state index contributed by atoms with van der Waals surface area (Å²) < 4.78 is 11.0. The van der Waals surface area contributed by atoms with Gasteiger partial charge >= 0.3 is 5.97 Å². The van der Waals surface area contributed by atoms with Gasteiger partial charge in [-0.15, -0.1) is 0 Å². The Hall–Kier alpha value is -2.46. The molecule has 3 aromatic rings. The predicted octanol–water partition coefficient (Wildman–Crippen LogP) is 4.67. The van der Waals surface area contributed by atoms with Gasteiger partial charge in [0.25, 0.3) is 0 Å². The lowest BCUT2D eigenvalue weighted by atomic mass is 10.1. The molecule has 0 unspecified atom stereocenters. The van der Waals surface area contributed by atoms with E-state index in [1.165, 1.54) is 6.26 Å². The summed E-state index contributed by atoms with van der Waals surface area (Å²) in [5, 5.41) is 10.3. The lowest BCUT2D eigenvalue weighted by Gasteiger charge is -2.09. The topological polar surface area (TPSA) is 59.7 Å². The second-order valence-electron chi connectivity index (χ2n) is 4.97. The second kappa shape index (κ2) is 5.73. The molecule has 0 aliphatic heterocycles. The van der Waals surface area contributed by atoms with Gasteiger partial charge in [-0.25, -0.2) is 4.79 Å². The first-order chi connectivity index (χ1) is 10.5. The fraction of sp³-hybridized carbons (Fsp3) is 0.118. The molecule has 3 rings (SSSR count). The van der Waals surface area contributed by atoms with Gasteiger partial charge < -0.3 is 14.3 Å². The lowest BCUT2D eigenvalue weighted by molar-refractivity contribution is 0.0698. The number of hydrogen-bond donors (Lipinski definition) is 1. The first-order valence-corrected chi connectivity index (χ1v) is 7.05. The highest BCUT2D eigenvalue weighted by Crippen LogP contribution is 2.26. The fourth-order valence-electron chi connectivity index (χ4n) is 2.25. The third-order valence-corrected chi connectivity index (χ3v) is 3.71. The molecule has 0 aliphatic carbocycles. The maximum absolute atomic E-state index is 11.0. The summed E-state index contributed by atoms with van der Waals surface area (Å²) in [4.78, 5) is 11.0. The van der Waals surface area contributed by atoms with Gasteiger partial charge in [0.2, 0.25) is 0 Å². The third kappa shape index (κ3) is 2.78. The van der Waals surface area contributed by atoms with Crippen LogP contribution in [0.15, 0.2) is 47.1 Å². The molecule has 0 atom stereocenters. The van der Waals surface area contributed by atoms with Crippen molar-refractivity contribution in [2.45, 2.75) is 13.5 Å². The van der Waals surface area contributed by atoms with Crippen LogP contribution < -0.4 is 4.74 Å². The molecule has 0 radical (unpaired) electrons. The highest BCUT2D eigenvalue weighted by atomic mass is 35.5. The van der Waals surface area contributed by atoms with Crippen molar-refractivity contribution >= 4 is 28.5 Å². The molecule has 112 valence electrons. The van der Waals surface area contributed by atoms with E-state index in [4.69, 9.17) is 25.9 Å². The minimum Gasteiger partial charge on any atom is -0.489 e. The summed E-state index contributed by atoms with van der Waals surface area (Å²) in [5.41, 5.74) is 2.73. The van der Waals surface area contributed by atoms with Gasteiger partial charge in [-0.3, -0.25) is 0 Å². The van der Waals surface area contributed by atoms with Gasteiger partial charge in [-0.1, -0.05) is 17.7 Å². The monoisotopic (exact) mass is 316 g/mol. The van der Waals surface area contributed by atoms with Crippen LogP contribution in [0.2, 0.25) is 5.02 Å². The number of aryl methyl sites for hydroxylation is 1. The second-order valence-corrected chi connectivity index (χ2v) is 5.41. The number of aromatic carboxylic acids is 1. The first-order valence-electron chi connectivity index (χ1n) is 6.67. The average Bonchev–Trinajstić information content (AvgIpc) is 2.89. The van der Waals surface area contributed by atoms with E-state index in [2.05, 4.69) is 0 Å². The molecule has 0 spiro atoms.